The lowest BCUT2D eigenvalue weighted by atomic mass is 10.0. The highest BCUT2D eigenvalue weighted by molar-refractivity contribution is 7.03. The van der Waals surface area contributed by atoms with Crippen LogP contribution in [0.1, 0.15) is 5.56 Å². The van der Waals surface area contributed by atoms with E-state index in [1.54, 1.807) is 0 Å². The maximum absolute atomic E-state index is 14.1. The predicted molar refractivity (Wildman–Crippen MR) is 73.5 cm³/mol. The summed E-state index contributed by atoms with van der Waals surface area (Å²) in [6.07, 6.45) is -4.49. The molecule has 0 amide bonds. The number of rotatable bonds is 0. The van der Waals surface area contributed by atoms with Gasteiger partial charge in [0.2, 0.25) is 0 Å². The molecule has 0 bridgehead atoms. The Morgan fingerprint density at radius 3 is 2.19 bits per heavy atom. The van der Waals surface area contributed by atoms with Crippen LogP contribution in [0.5, 0.6) is 0 Å². The van der Waals surface area contributed by atoms with Gasteiger partial charge in [0.15, 0.2) is 0 Å². The number of benzene rings is 2. The van der Waals surface area contributed by atoms with Crippen molar-refractivity contribution < 1.29 is 22.0 Å². The Balaban J connectivity index is 2.35. The minimum absolute atomic E-state index is 0.120. The van der Waals surface area contributed by atoms with Gasteiger partial charge in [0.25, 0.3) is 0 Å². The molecule has 0 saturated heterocycles. The summed E-state index contributed by atoms with van der Waals surface area (Å²) in [5.41, 5.74) is -0.453. The van der Waals surface area contributed by atoms with E-state index in [0.29, 0.717) is 10.4 Å². The lowest BCUT2D eigenvalue weighted by Gasteiger charge is -2.19. The quantitative estimate of drug-likeness (QED) is 0.513. The van der Waals surface area contributed by atoms with Crippen molar-refractivity contribution in [3.05, 3.63) is 47.5 Å². The first kappa shape index (κ1) is 14.3. The third-order valence-corrected chi connectivity index (χ3v) is 7.54. The van der Waals surface area contributed by atoms with Crippen LogP contribution in [0.4, 0.5) is 22.0 Å². The average molecular weight is 314 g/mol. The third-order valence-electron chi connectivity index (χ3n) is 4.02. The molecular weight excluding hydrogens is 303 g/mol. The van der Waals surface area contributed by atoms with Crippen molar-refractivity contribution in [2.24, 2.45) is 0 Å². The van der Waals surface area contributed by atoms with E-state index in [2.05, 4.69) is 0 Å². The number of halogens is 5. The van der Waals surface area contributed by atoms with Crippen molar-refractivity contribution in [2.75, 3.05) is 0 Å². The second-order valence-corrected chi connectivity index (χ2v) is 10.0. The maximum Gasteiger partial charge on any atom is 0.416 e. The highest BCUT2D eigenvalue weighted by Gasteiger charge is 2.41. The van der Waals surface area contributed by atoms with Crippen LogP contribution in [0.2, 0.25) is 13.1 Å². The SMILES string of the molecule is C[Si]1(C)c2ccc(C(F)(F)F)cc2-c2c(F)cc(F)cc21. The van der Waals surface area contributed by atoms with E-state index in [9.17, 15) is 22.0 Å². The molecule has 0 aliphatic carbocycles. The van der Waals surface area contributed by atoms with Gasteiger partial charge in [0, 0.05) is 11.6 Å². The van der Waals surface area contributed by atoms with E-state index in [0.717, 1.165) is 18.2 Å². The maximum atomic E-state index is 14.1. The Morgan fingerprint density at radius 2 is 1.57 bits per heavy atom. The Morgan fingerprint density at radius 1 is 0.905 bits per heavy atom. The molecule has 1 aliphatic heterocycles. The minimum atomic E-state index is -4.49. The monoisotopic (exact) mass is 314 g/mol. The molecule has 6 heteroatoms. The zero-order valence-corrected chi connectivity index (χ0v) is 12.3. The van der Waals surface area contributed by atoms with Crippen LogP contribution < -0.4 is 10.4 Å². The summed E-state index contributed by atoms with van der Waals surface area (Å²) in [7, 11) is -2.37. The minimum Gasteiger partial charge on any atom is -0.207 e. The van der Waals surface area contributed by atoms with Crippen molar-refractivity contribution in [1.82, 2.24) is 0 Å². The van der Waals surface area contributed by atoms with E-state index in [4.69, 9.17) is 0 Å². The van der Waals surface area contributed by atoms with Gasteiger partial charge in [-0.25, -0.2) is 8.78 Å². The summed E-state index contributed by atoms with van der Waals surface area (Å²) in [5, 5.41) is 1.21. The van der Waals surface area contributed by atoms with Crippen LogP contribution >= 0.6 is 0 Å². The normalized spacial score (nSPS) is 15.8. The van der Waals surface area contributed by atoms with Crippen molar-refractivity contribution in [3.63, 3.8) is 0 Å². The molecule has 0 aromatic heterocycles. The van der Waals surface area contributed by atoms with Gasteiger partial charge in [-0.15, -0.1) is 0 Å². The average Bonchev–Trinajstić information content (AvgIpc) is 2.57. The summed E-state index contributed by atoms with van der Waals surface area (Å²) < 4.78 is 66.1. The van der Waals surface area contributed by atoms with Gasteiger partial charge in [-0.3, -0.25) is 0 Å². The smallest absolute Gasteiger partial charge is 0.207 e. The highest BCUT2D eigenvalue weighted by Crippen LogP contribution is 2.36. The summed E-state index contributed by atoms with van der Waals surface area (Å²) in [4.78, 5) is 0. The molecule has 2 aromatic rings. The largest absolute Gasteiger partial charge is 0.416 e. The summed E-state index contributed by atoms with van der Waals surface area (Å²) in [6.45, 7) is 3.76. The number of hydrogen-bond donors (Lipinski definition) is 0. The van der Waals surface area contributed by atoms with Crippen LogP contribution in [-0.4, -0.2) is 8.07 Å². The predicted octanol–water partition coefficient (Wildman–Crippen LogP) is 3.79. The molecule has 21 heavy (non-hydrogen) atoms. The fourth-order valence-electron chi connectivity index (χ4n) is 2.96. The van der Waals surface area contributed by atoms with Crippen LogP contribution in [-0.2, 0) is 6.18 Å². The van der Waals surface area contributed by atoms with Gasteiger partial charge < -0.3 is 0 Å². The molecular formula is C15H11F5Si. The van der Waals surface area contributed by atoms with Gasteiger partial charge >= 0.3 is 6.18 Å². The molecule has 2 aromatic carbocycles. The van der Waals surface area contributed by atoms with E-state index < -0.39 is 31.4 Å². The second kappa shape index (κ2) is 4.16. The van der Waals surface area contributed by atoms with E-state index in [1.165, 1.54) is 12.1 Å². The molecule has 0 atom stereocenters. The molecule has 0 fully saturated rings. The van der Waals surface area contributed by atoms with Crippen LogP contribution in [0, 0.1) is 11.6 Å². The van der Waals surface area contributed by atoms with E-state index >= 15 is 0 Å². The zero-order valence-electron chi connectivity index (χ0n) is 11.3. The van der Waals surface area contributed by atoms with Gasteiger partial charge in [-0.1, -0.05) is 25.2 Å². The van der Waals surface area contributed by atoms with Gasteiger partial charge in [0.1, 0.15) is 19.7 Å². The third kappa shape index (κ3) is 2.00. The summed E-state index contributed by atoms with van der Waals surface area (Å²) >= 11 is 0. The first-order valence-corrected chi connectivity index (χ1v) is 9.34. The lowest BCUT2D eigenvalue weighted by molar-refractivity contribution is -0.137. The Kier molecular flexibility index (Phi) is 2.82. The van der Waals surface area contributed by atoms with Crippen molar-refractivity contribution in [2.45, 2.75) is 19.3 Å². The molecule has 1 heterocycles. The van der Waals surface area contributed by atoms with Crippen molar-refractivity contribution in [1.29, 1.82) is 0 Å². The van der Waals surface area contributed by atoms with Gasteiger partial charge in [-0.05, 0) is 28.1 Å². The van der Waals surface area contributed by atoms with Crippen LogP contribution in [0.25, 0.3) is 11.1 Å². The first-order chi connectivity index (χ1) is 9.62. The van der Waals surface area contributed by atoms with Crippen molar-refractivity contribution >= 4 is 18.4 Å². The second-order valence-electron chi connectivity index (χ2n) is 5.69. The molecule has 110 valence electrons. The highest BCUT2D eigenvalue weighted by atomic mass is 28.3. The molecule has 0 saturated carbocycles. The lowest BCUT2D eigenvalue weighted by Crippen LogP contribution is -2.49. The Labute approximate surface area is 119 Å². The summed E-state index contributed by atoms with van der Waals surface area (Å²) in [5.74, 6) is -1.50. The fraction of sp³-hybridized carbons (Fsp3) is 0.200. The molecule has 0 N–H and O–H groups in total. The molecule has 1 aliphatic rings. The van der Waals surface area contributed by atoms with Crippen LogP contribution in [0.15, 0.2) is 30.3 Å². The van der Waals surface area contributed by atoms with Gasteiger partial charge in [0.05, 0.1) is 5.56 Å². The molecule has 0 radical (unpaired) electrons. The van der Waals surface area contributed by atoms with Gasteiger partial charge in [-0.2, -0.15) is 13.2 Å². The molecule has 0 spiro atoms. The van der Waals surface area contributed by atoms with E-state index in [-0.39, 0.29) is 11.1 Å². The summed E-state index contributed by atoms with van der Waals surface area (Å²) in [6, 6.07) is 5.35. The molecule has 0 unspecified atom stereocenters. The fourth-order valence-corrected chi connectivity index (χ4v) is 6.00. The number of hydrogen-bond acceptors (Lipinski definition) is 0. The van der Waals surface area contributed by atoms with Crippen LogP contribution in [0.3, 0.4) is 0 Å². The molecule has 0 nitrogen and oxygen atoms in total. The standard InChI is InChI=1S/C15H11F5Si/c1-21(2)12-4-3-8(15(18,19)20)5-10(12)14-11(17)6-9(16)7-13(14)21/h3-7H,1-2H3. The first-order valence-electron chi connectivity index (χ1n) is 6.34. The Bertz CT molecular complexity index is 746. The topological polar surface area (TPSA) is 0 Å². The zero-order chi connectivity index (χ0) is 15.6. The number of alkyl halides is 3. The van der Waals surface area contributed by atoms with Crippen molar-refractivity contribution in [3.8, 4) is 11.1 Å². The Hall–Kier alpha value is -1.69. The molecule has 3 rings (SSSR count). The van der Waals surface area contributed by atoms with E-state index in [1.807, 2.05) is 13.1 Å². The number of fused-ring (bicyclic) bond motifs is 3.